The van der Waals surface area contributed by atoms with Crippen LogP contribution in [0.3, 0.4) is 0 Å². The Hall–Kier alpha value is -5.54. The van der Waals surface area contributed by atoms with Crippen molar-refractivity contribution in [3.8, 4) is 27.9 Å². The summed E-state index contributed by atoms with van der Waals surface area (Å²) in [6, 6.07) is 45.6. The minimum absolute atomic E-state index is 0.00424. The monoisotopic (exact) mass is 766 g/mol. The molecule has 11 rings (SSSR count). The van der Waals surface area contributed by atoms with Gasteiger partial charge in [0.15, 0.2) is 0 Å². The van der Waals surface area contributed by atoms with Gasteiger partial charge in [-0.2, -0.15) is 0 Å². The van der Waals surface area contributed by atoms with E-state index in [2.05, 4.69) is 207 Å². The van der Waals surface area contributed by atoms with E-state index in [0.717, 1.165) is 0 Å². The van der Waals surface area contributed by atoms with Crippen molar-refractivity contribution >= 4 is 72.2 Å². The van der Waals surface area contributed by atoms with E-state index < -0.39 is 0 Å². The first-order valence-corrected chi connectivity index (χ1v) is 21.7. The van der Waals surface area contributed by atoms with Crippen LogP contribution >= 0.6 is 0 Å². The zero-order valence-electron chi connectivity index (χ0n) is 36.9. The Morgan fingerprint density at radius 1 is 0.407 bits per heavy atom. The van der Waals surface area contributed by atoms with Crippen LogP contribution < -0.4 is 10.9 Å². The average molecular weight is 767 g/mol. The number of hydrogen-bond acceptors (Lipinski definition) is 0. The van der Waals surface area contributed by atoms with E-state index in [1.807, 2.05) is 0 Å². The van der Waals surface area contributed by atoms with Gasteiger partial charge in [-0.1, -0.05) is 162 Å². The molecule has 3 heteroatoms. The number of fused-ring (bicyclic) bond motifs is 12. The van der Waals surface area contributed by atoms with Crippen LogP contribution in [0, 0.1) is 0 Å². The number of benzene rings is 7. The Bertz CT molecular complexity index is 3270. The third kappa shape index (κ3) is 5.12. The van der Waals surface area contributed by atoms with Gasteiger partial charge in [0.2, 0.25) is 0 Å². The summed E-state index contributed by atoms with van der Waals surface area (Å²) in [7, 11) is 0. The molecule has 2 aliphatic rings. The molecule has 9 aromatic rings. The highest BCUT2D eigenvalue weighted by Gasteiger charge is 2.42. The predicted molar refractivity (Wildman–Crippen MR) is 257 cm³/mol. The second-order valence-electron chi connectivity index (χ2n) is 21.9. The Morgan fingerprint density at radius 3 is 1.71 bits per heavy atom. The van der Waals surface area contributed by atoms with Crippen LogP contribution in [0.15, 0.2) is 115 Å². The van der Waals surface area contributed by atoms with Gasteiger partial charge in [0.25, 0.3) is 0 Å². The topological polar surface area (TPSA) is 9.86 Å². The third-order valence-corrected chi connectivity index (χ3v) is 13.8. The molecule has 4 heterocycles. The fourth-order valence-corrected chi connectivity index (χ4v) is 10.5. The van der Waals surface area contributed by atoms with Crippen molar-refractivity contribution < 1.29 is 0 Å². The van der Waals surface area contributed by atoms with E-state index in [1.165, 1.54) is 116 Å². The Balaban J connectivity index is 1.37. The maximum Gasteiger partial charge on any atom is 0.333 e. The molecule has 0 saturated carbocycles. The average Bonchev–Trinajstić information content (AvgIpc) is 3.70. The van der Waals surface area contributed by atoms with Crippen LogP contribution in [0.25, 0.3) is 82.3 Å². The minimum Gasteiger partial charge on any atom is -0.375 e. The Morgan fingerprint density at radius 2 is 1.02 bits per heavy atom. The third-order valence-electron chi connectivity index (χ3n) is 13.8. The fourth-order valence-electron chi connectivity index (χ4n) is 10.5. The molecule has 292 valence electrons. The summed E-state index contributed by atoms with van der Waals surface area (Å²) in [5.74, 6) is 0. The van der Waals surface area contributed by atoms with Gasteiger partial charge in [0, 0.05) is 49.2 Å². The second-order valence-corrected chi connectivity index (χ2v) is 21.9. The molecular weight excluding hydrogens is 711 g/mol. The van der Waals surface area contributed by atoms with Crippen LogP contribution in [0.2, 0.25) is 0 Å². The largest absolute Gasteiger partial charge is 0.375 e. The number of hydrogen-bond donors (Lipinski definition) is 0. The van der Waals surface area contributed by atoms with Crippen molar-refractivity contribution in [3.63, 3.8) is 0 Å². The van der Waals surface area contributed by atoms with Crippen molar-refractivity contribution in [2.75, 3.05) is 0 Å². The first-order chi connectivity index (χ1) is 27.8. The summed E-state index contributed by atoms with van der Waals surface area (Å²) in [6.45, 7) is 28.2. The summed E-state index contributed by atoms with van der Waals surface area (Å²) in [6.07, 6.45) is 0. The standard InChI is InChI=1S/C56H55BN2/c1-53(2,3)35-21-23-47-42(29-35)44-30-38(56(10,11)12)31-45-43-26-34(33-24-36(54(4,5)6)28-37(25-33)55(7,8)9)27-48-49(43)57(59(47)51(44)45)46-19-15-18-40-41-22-20-32-16-13-14-17-39(32)50(41)58(48)52(40)46/h13-31H,1-12H3. The van der Waals surface area contributed by atoms with Gasteiger partial charge in [-0.15, -0.1) is 0 Å². The molecule has 0 saturated heterocycles. The molecule has 0 fully saturated rings. The van der Waals surface area contributed by atoms with Gasteiger partial charge in [-0.25, -0.2) is 0 Å². The molecule has 0 bridgehead atoms. The van der Waals surface area contributed by atoms with Gasteiger partial charge in [0.05, 0.1) is 11.0 Å². The highest BCUT2D eigenvalue weighted by molar-refractivity contribution is 6.90. The molecule has 0 spiro atoms. The fraction of sp³-hybridized carbons (Fsp3) is 0.286. The van der Waals surface area contributed by atoms with Gasteiger partial charge in [-0.3, -0.25) is 0 Å². The molecule has 0 atom stereocenters. The normalized spacial score (nSPS) is 14.1. The molecule has 7 aromatic carbocycles. The van der Waals surface area contributed by atoms with Crippen molar-refractivity contribution in [1.82, 2.24) is 9.05 Å². The molecule has 2 aromatic heterocycles. The lowest BCUT2D eigenvalue weighted by Crippen LogP contribution is -2.55. The van der Waals surface area contributed by atoms with Gasteiger partial charge in [-0.05, 0) is 113 Å². The lowest BCUT2D eigenvalue weighted by atomic mass is 9.45. The molecule has 0 N–H and O–H groups in total. The van der Waals surface area contributed by atoms with E-state index in [4.69, 9.17) is 0 Å². The van der Waals surface area contributed by atoms with Crippen molar-refractivity contribution in [1.29, 1.82) is 0 Å². The van der Waals surface area contributed by atoms with Crippen LogP contribution in [-0.2, 0) is 21.7 Å². The maximum atomic E-state index is 2.73. The molecule has 2 nitrogen and oxygen atoms in total. The highest BCUT2D eigenvalue weighted by atomic mass is 15.0. The molecular formula is C56H55BN2. The van der Waals surface area contributed by atoms with Crippen molar-refractivity contribution in [2.24, 2.45) is 0 Å². The van der Waals surface area contributed by atoms with E-state index >= 15 is 0 Å². The van der Waals surface area contributed by atoms with E-state index in [0.29, 0.717) is 0 Å². The maximum absolute atomic E-state index is 2.73. The van der Waals surface area contributed by atoms with E-state index in [1.54, 1.807) is 0 Å². The lowest BCUT2D eigenvalue weighted by Gasteiger charge is -2.35. The zero-order chi connectivity index (χ0) is 41.3. The Labute approximate surface area is 350 Å². The van der Waals surface area contributed by atoms with Crippen LogP contribution in [0.1, 0.15) is 105 Å². The smallest absolute Gasteiger partial charge is 0.333 e. The molecule has 59 heavy (non-hydrogen) atoms. The summed E-state index contributed by atoms with van der Waals surface area (Å²) < 4.78 is 5.40. The van der Waals surface area contributed by atoms with Gasteiger partial charge >= 0.3 is 6.85 Å². The molecule has 0 radical (unpaired) electrons. The SMILES string of the molecule is CC(C)(C)c1cc(-c2cc3c4c(c2)-n2c5c(cccc5c5ccc6ccccc6c52)B4n2c4ccc(C(C)(C)C)cc4c4cc(C(C)(C)C)cc-3c42)cc(C(C)(C)C)c1. The molecule has 0 aliphatic carbocycles. The van der Waals surface area contributed by atoms with Crippen LogP contribution in [0.4, 0.5) is 0 Å². The Kier molecular flexibility index (Phi) is 7.18. The number of rotatable bonds is 1. The van der Waals surface area contributed by atoms with E-state index in [9.17, 15) is 0 Å². The summed E-state index contributed by atoms with van der Waals surface area (Å²) >= 11 is 0. The summed E-state index contributed by atoms with van der Waals surface area (Å²) in [5.41, 5.74) is 20.1. The first-order valence-electron chi connectivity index (χ1n) is 21.7. The van der Waals surface area contributed by atoms with Crippen LogP contribution in [0.5, 0.6) is 0 Å². The molecule has 0 unspecified atom stereocenters. The van der Waals surface area contributed by atoms with E-state index in [-0.39, 0.29) is 28.5 Å². The van der Waals surface area contributed by atoms with Crippen LogP contribution in [-0.4, -0.2) is 15.9 Å². The van der Waals surface area contributed by atoms with Gasteiger partial charge < -0.3 is 9.05 Å². The minimum atomic E-state index is -0.0355. The summed E-state index contributed by atoms with van der Waals surface area (Å²) in [5, 5.41) is 7.92. The lowest BCUT2D eigenvalue weighted by molar-refractivity contribution is 0.569. The highest BCUT2D eigenvalue weighted by Crippen LogP contribution is 2.48. The zero-order valence-corrected chi connectivity index (χ0v) is 36.9. The quantitative estimate of drug-likeness (QED) is 0.147. The van der Waals surface area contributed by atoms with Crippen molar-refractivity contribution in [3.05, 3.63) is 138 Å². The number of aromatic nitrogens is 2. The molecule has 0 amide bonds. The first kappa shape index (κ1) is 36.5. The second kappa shape index (κ2) is 11.6. The molecule has 2 aliphatic heterocycles. The number of nitrogens with zero attached hydrogens (tertiary/aromatic N) is 2. The number of para-hydroxylation sites is 1. The van der Waals surface area contributed by atoms with Gasteiger partial charge in [0.1, 0.15) is 0 Å². The van der Waals surface area contributed by atoms with Crippen molar-refractivity contribution in [2.45, 2.75) is 105 Å². The summed E-state index contributed by atoms with van der Waals surface area (Å²) in [4.78, 5) is 0. The predicted octanol–water partition coefficient (Wildman–Crippen LogP) is 13.8.